The molecule has 1 aliphatic rings. The highest BCUT2D eigenvalue weighted by atomic mass is 16.5. The summed E-state index contributed by atoms with van der Waals surface area (Å²) in [7, 11) is 0. The van der Waals surface area contributed by atoms with Crippen molar-refractivity contribution in [2.45, 2.75) is 6.42 Å². The highest BCUT2D eigenvalue weighted by molar-refractivity contribution is 5.99. The van der Waals surface area contributed by atoms with E-state index in [0.29, 0.717) is 17.1 Å². The van der Waals surface area contributed by atoms with Crippen LogP contribution in [0.25, 0.3) is 0 Å². The molecule has 1 atom stereocenters. The molecule has 5 heteroatoms. The van der Waals surface area contributed by atoms with Gasteiger partial charge in [-0.2, -0.15) is 0 Å². The lowest BCUT2D eigenvalue weighted by Crippen LogP contribution is -2.29. The largest absolute Gasteiger partial charge is 0.491 e. The predicted molar refractivity (Wildman–Crippen MR) is 83.7 cm³/mol. The van der Waals surface area contributed by atoms with Gasteiger partial charge in [-0.25, -0.2) is 0 Å². The molecule has 2 N–H and O–H groups in total. The highest BCUT2D eigenvalue weighted by Crippen LogP contribution is 2.28. The average Bonchev–Trinajstić information content (AvgIpc) is 2.68. The Morgan fingerprint density at radius 2 is 1.86 bits per heavy atom. The number of carbonyl (C=O) groups excluding carboxylic acids is 2. The summed E-state index contributed by atoms with van der Waals surface area (Å²) in [4.78, 5) is 24.3. The van der Waals surface area contributed by atoms with Crippen LogP contribution in [0.4, 0.5) is 11.4 Å². The van der Waals surface area contributed by atoms with Crippen molar-refractivity contribution in [2.24, 2.45) is 5.92 Å². The molecule has 0 aliphatic carbocycles. The van der Waals surface area contributed by atoms with Gasteiger partial charge in [-0.1, -0.05) is 30.3 Å². The monoisotopic (exact) mass is 296 g/mol. The number of anilines is 2. The highest BCUT2D eigenvalue weighted by Gasteiger charge is 2.26. The summed E-state index contributed by atoms with van der Waals surface area (Å²) in [6.45, 7) is 0.186. The molecule has 0 bridgehead atoms. The van der Waals surface area contributed by atoms with E-state index in [2.05, 4.69) is 10.6 Å². The third kappa shape index (κ3) is 3.25. The van der Waals surface area contributed by atoms with Gasteiger partial charge >= 0.3 is 0 Å². The van der Waals surface area contributed by atoms with Crippen LogP contribution in [0, 0.1) is 5.92 Å². The zero-order valence-electron chi connectivity index (χ0n) is 11.9. The molecule has 2 amide bonds. The zero-order chi connectivity index (χ0) is 15.4. The van der Waals surface area contributed by atoms with Crippen molar-refractivity contribution in [1.82, 2.24) is 0 Å². The lowest BCUT2D eigenvalue weighted by molar-refractivity contribution is -0.125. The lowest BCUT2D eigenvalue weighted by Gasteiger charge is -2.12. The minimum absolute atomic E-state index is 0.0781. The van der Waals surface area contributed by atoms with E-state index in [1.54, 1.807) is 24.3 Å². The molecule has 0 radical (unpaired) electrons. The standard InChI is InChI=1S/C17H16N2O3/c20-16(18-13-6-2-1-3-7-13)10-12-11-22-15-9-5-4-8-14(15)19-17(12)21/h1-9,12H,10-11H2,(H,18,20)(H,19,21)/t12-/m1/s1. The Hall–Kier alpha value is -2.82. The molecule has 0 fully saturated rings. The van der Waals surface area contributed by atoms with E-state index in [4.69, 9.17) is 4.74 Å². The fourth-order valence-electron chi connectivity index (χ4n) is 2.31. The summed E-state index contributed by atoms with van der Waals surface area (Å²) in [5.74, 6) is -0.299. The number of carbonyl (C=O) groups is 2. The van der Waals surface area contributed by atoms with Gasteiger partial charge in [0.05, 0.1) is 11.6 Å². The van der Waals surface area contributed by atoms with Crippen LogP contribution in [0.5, 0.6) is 5.75 Å². The summed E-state index contributed by atoms with van der Waals surface area (Å²) in [5.41, 5.74) is 1.35. The summed E-state index contributed by atoms with van der Waals surface area (Å²) in [5, 5.41) is 5.57. The van der Waals surface area contributed by atoms with Gasteiger partial charge in [0.1, 0.15) is 12.4 Å². The predicted octanol–water partition coefficient (Wildman–Crippen LogP) is 2.66. The molecule has 112 valence electrons. The second kappa shape index (κ2) is 6.30. The van der Waals surface area contributed by atoms with Crippen molar-refractivity contribution in [2.75, 3.05) is 17.2 Å². The van der Waals surface area contributed by atoms with Crippen LogP contribution < -0.4 is 15.4 Å². The van der Waals surface area contributed by atoms with Gasteiger partial charge in [-0.3, -0.25) is 9.59 Å². The molecule has 0 saturated heterocycles. The molecule has 0 saturated carbocycles. The maximum atomic E-state index is 12.2. The number of amides is 2. The Morgan fingerprint density at radius 1 is 1.14 bits per heavy atom. The van der Waals surface area contributed by atoms with E-state index < -0.39 is 5.92 Å². The fraction of sp³-hybridized carbons (Fsp3) is 0.176. The maximum absolute atomic E-state index is 12.2. The van der Waals surface area contributed by atoms with E-state index in [1.165, 1.54) is 0 Å². The second-order valence-corrected chi connectivity index (χ2v) is 5.11. The number of para-hydroxylation sites is 3. The SMILES string of the molecule is O=C(C[C@@H]1COc2ccccc2NC1=O)Nc1ccccc1. The van der Waals surface area contributed by atoms with E-state index in [-0.39, 0.29) is 24.8 Å². The molecular formula is C17H16N2O3. The molecule has 0 unspecified atom stereocenters. The molecule has 2 aromatic rings. The Morgan fingerprint density at radius 3 is 2.68 bits per heavy atom. The van der Waals surface area contributed by atoms with E-state index in [0.717, 1.165) is 0 Å². The summed E-state index contributed by atoms with van der Waals surface area (Å²) in [6, 6.07) is 16.4. The molecular weight excluding hydrogens is 280 g/mol. The first-order valence-electron chi connectivity index (χ1n) is 7.10. The normalized spacial score (nSPS) is 16.7. The summed E-state index contributed by atoms with van der Waals surface area (Å²) in [6.07, 6.45) is 0.0781. The first kappa shape index (κ1) is 14.1. The Bertz CT molecular complexity index is 685. The van der Waals surface area contributed by atoms with Gasteiger partial charge in [0.25, 0.3) is 0 Å². The van der Waals surface area contributed by atoms with Crippen molar-refractivity contribution in [3.63, 3.8) is 0 Å². The molecule has 1 heterocycles. The smallest absolute Gasteiger partial charge is 0.231 e. The van der Waals surface area contributed by atoms with Crippen molar-refractivity contribution >= 4 is 23.2 Å². The van der Waals surface area contributed by atoms with Crippen LogP contribution in [0.2, 0.25) is 0 Å². The molecule has 22 heavy (non-hydrogen) atoms. The quantitative estimate of drug-likeness (QED) is 0.915. The Labute approximate surface area is 128 Å². The molecule has 2 aromatic carbocycles. The molecule has 5 nitrogen and oxygen atoms in total. The second-order valence-electron chi connectivity index (χ2n) is 5.11. The van der Waals surface area contributed by atoms with Crippen LogP contribution in [0.1, 0.15) is 6.42 Å². The fourth-order valence-corrected chi connectivity index (χ4v) is 2.31. The van der Waals surface area contributed by atoms with Crippen molar-refractivity contribution < 1.29 is 14.3 Å². The van der Waals surface area contributed by atoms with E-state index in [9.17, 15) is 9.59 Å². The van der Waals surface area contributed by atoms with Crippen LogP contribution in [0.3, 0.4) is 0 Å². The summed E-state index contributed by atoms with van der Waals surface area (Å²) >= 11 is 0. The summed E-state index contributed by atoms with van der Waals surface area (Å²) < 4.78 is 5.62. The number of hydrogen-bond acceptors (Lipinski definition) is 3. The number of benzene rings is 2. The first-order chi connectivity index (χ1) is 10.7. The van der Waals surface area contributed by atoms with Crippen LogP contribution in [-0.2, 0) is 9.59 Å². The van der Waals surface area contributed by atoms with E-state index in [1.807, 2.05) is 30.3 Å². The van der Waals surface area contributed by atoms with Crippen molar-refractivity contribution in [3.8, 4) is 5.75 Å². The van der Waals surface area contributed by atoms with Gasteiger partial charge in [0.2, 0.25) is 11.8 Å². The number of rotatable bonds is 3. The van der Waals surface area contributed by atoms with Gasteiger partial charge in [0, 0.05) is 12.1 Å². The van der Waals surface area contributed by atoms with Gasteiger partial charge in [-0.15, -0.1) is 0 Å². The lowest BCUT2D eigenvalue weighted by atomic mass is 10.1. The maximum Gasteiger partial charge on any atom is 0.231 e. The molecule has 0 aromatic heterocycles. The number of hydrogen-bond donors (Lipinski definition) is 2. The van der Waals surface area contributed by atoms with Gasteiger partial charge in [0.15, 0.2) is 0 Å². The third-order valence-corrected chi connectivity index (χ3v) is 3.45. The van der Waals surface area contributed by atoms with Gasteiger partial charge in [-0.05, 0) is 24.3 Å². The molecule has 1 aliphatic heterocycles. The van der Waals surface area contributed by atoms with Crippen LogP contribution >= 0.6 is 0 Å². The number of nitrogens with one attached hydrogen (secondary N) is 2. The minimum atomic E-state index is -0.517. The third-order valence-electron chi connectivity index (χ3n) is 3.45. The number of fused-ring (bicyclic) bond motifs is 1. The van der Waals surface area contributed by atoms with E-state index >= 15 is 0 Å². The topological polar surface area (TPSA) is 67.4 Å². The molecule has 3 rings (SSSR count). The number of ether oxygens (including phenoxy) is 1. The zero-order valence-corrected chi connectivity index (χ0v) is 11.9. The minimum Gasteiger partial charge on any atom is -0.491 e. The van der Waals surface area contributed by atoms with Crippen LogP contribution in [0.15, 0.2) is 54.6 Å². The van der Waals surface area contributed by atoms with Crippen LogP contribution in [-0.4, -0.2) is 18.4 Å². The van der Waals surface area contributed by atoms with Crippen molar-refractivity contribution in [3.05, 3.63) is 54.6 Å². The Kier molecular flexibility index (Phi) is 4.05. The average molecular weight is 296 g/mol. The van der Waals surface area contributed by atoms with Gasteiger partial charge < -0.3 is 15.4 Å². The first-order valence-corrected chi connectivity index (χ1v) is 7.10. The Balaban J connectivity index is 1.64. The molecule has 0 spiro atoms. The van der Waals surface area contributed by atoms with Crippen molar-refractivity contribution in [1.29, 1.82) is 0 Å².